The van der Waals surface area contributed by atoms with Gasteiger partial charge in [-0.05, 0) is 38.1 Å². The van der Waals surface area contributed by atoms with E-state index in [1.54, 1.807) is 0 Å². The van der Waals surface area contributed by atoms with Gasteiger partial charge in [-0.1, -0.05) is 39.0 Å². The lowest BCUT2D eigenvalue weighted by atomic mass is 9.80. The van der Waals surface area contributed by atoms with Gasteiger partial charge in [-0.15, -0.1) is 0 Å². The molecule has 1 heterocycles. The molecule has 106 valence electrons. The number of hydrogen-bond acceptors (Lipinski definition) is 2. The number of likely N-dealkylation sites (tertiary alicyclic amines) is 1. The van der Waals surface area contributed by atoms with Gasteiger partial charge in [-0.3, -0.25) is 0 Å². The van der Waals surface area contributed by atoms with Crippen molar-refractivity contribution < 1.29 is 5.11 Å². The molecule has 2 heteroatoms. The quantitative estimate of drug-likeness (QED) is 0.759. The molecule has 1 unspecified atom stereocenters. The van der Waals surface area contributed by atoms with Gasteiger partial charge in [0.25, 0.3) is 0 Å². The third kappa shape index (κ3) is 3.71. The van der Waals surface area contributed by atoms with Crippen LogP contribution in [0.2, 0.25) is 0 Å². The molecule has 2 aliphatic rings. The molecule has 18 heavy (non-hydrogen) atoms. The van der Waals surface area contributed by atoms with Crippen molar-refractivity contribution in [3.05, 3.63) is 0 Å². The first-order valence-corrected chi connectivity index (χ1v) is 8.11. The minimum absolute atomic E-state index is 0.234. The number of aliphatic hydroxyl groups is 1. The smallest absolute Gasteiger partial charge is 0.0499 e. The molecular formula is C16H31NO. The molecule has 1 atom stereocenters. The summed E-state index contributed by atoms with van der Waals surface area (Å²) in [6.45, 7) is 6.41. The molecule has 0 radical (unpaired) electrons. The number of nitrogens with zero attached hydrogens (tertiary/aromatic N) is 1. The summed E-state index contributed by atoms with van der Waals surface area (Å²) in [6, 6.07) is 0. The predicted molar refractivity (Wildman–Crippen MR) is 76.7 cm³/mol. The highest BCUT2D eigenvalue weighted by atomic mass is 16.3. The lowest BCUT2D eigenvalue weighted by Gasteiger charge is -2.35. The summed E-state index contributed by atoms with van der Waals surface area (Å²) in [5, 5.41) is 9.87. The van der Waals surface area contributed by atoms with Gasteiger partial charge in [0.1, 0.15) is 0 Å². The fourth-order valence-corrected chi connectivity index (χ4v) is 4.02. The van der Waals surface area contributed by atoms with Gasteiger partial charge in [0.05, 0.1) is 0 Å². The Morgan fingerprint density at radius 3 is 2.50 bits per heavy atom. The Bertz CT molecular complexity index is 233. The molecule has 0 aromatic carbocycles. The van der Waals surface area contributed by atoms with E-state index in [1.165, 1.54) is 70.9 Å². The molecule has 2 nitrogen and oxygen atoms in total. The zero-order valence-electron chi connectivity index (χ0n) is 12.2. The van der Waals surface area contributed by atoms with Gasteiger partial charge in [0.15, 0.2) is 0 Å². The van der Waals surface area contributed by atoms with E-state index in [4.69, 9.17) is 0 Å². The van der Waals surface area contributed by atoms with Crippen LogP contribution in [0.5, 0.6) is 0 Å². The van der Waals surface area contributed by atoms with Gasteiger partial charge >= 0.3 is 0 Å². The summed E-state index contributed by atoms with van der Waals surface area (Å²) in [5.41, 5.74) is 0.234. The maximum Gasteiger partial charge on any atom is 0.0499 e. The molecule has 0 aromatic rings. The van der Waals surface area contributed by atoms with Crippen LogP contribution in [0.1, 0.15) is 64.7 Å². The van der Waals surface area contributed by atoms with Crippen LogP contribution >= 0.6 is 0 Å². The highest BCUT2D eigenvalue weighted by molar-refractivity contribution is 4.87. The fourth-order valence-electron chi connectivity index (χ4n) is 4.02. The van der Waals surface area contributed by atoms with E-state index in [1.807, 2.05) is 0 Å². The number of rotatable bonds is 5. The molecule has 0 spiro atoms. The molecule has 1 aliphatic carbocycles. The van der Waals surface area contributed by atoms with Crippen LogP contribution < -0.4 is 0 Å². The third-order valence-corrected chi connectivity index (χ3v) is 5.13. The van der Waals surface area contributed by atoms with Crippen molar-refractivity contribution in [1.29, 1.82) is 0 Å². The second kappa shape index (κ2) is 6.91. The Balaban J connectivity index is 1.86. The largest absolute Gasteiger partial charge is 0.396 e. The van der Waals surface area contributed by atoms with E-state index in [9.17, 15) is 5.11 Å². The zero-order chi connectivity index (χ0) is 12.8. The van der Waals surface area contributed by atoms with Crippen LogP contribution in [0, 0.1) is 11.3 Å². The molecular weight excluding hydrogens is 222 g/mol. The van der Waals surface area contributed by atoms with E-state index in [2.05, 4.69) is 11.8 Å². The summed E-state index contributed by atoms with van der Waals surface area (Å²) in [5.74, 6) is 0.927. The molecule has 0 aromatic heterocycles. The van der Waals surface area contributed by atoms with Gasteiger partial charge < -0.3 is 10.0 Å². The molecule has 0 amide bonds. The minimum atomic E-state index is 0.234. The minimum Gasteiger partial charge on any atom is -0.396 e. The maximum absolute atomic E-state index is 9.87. The van der Waals surface area contributed by atoms with Crippen LogP contribution in [0.25, 0.3) is 0 Å². The Kier molecular flexibility index (Phi) is 5.50. The molecule has 1 saturated heterocycles. The molecule has 1 saturated carbocycles. The van der Waals surface area contributed by atoms with Crippen molar-refractivity contribution in [2.75, 3.05) is 26.2 Å². The average Bonchev–Trinajstić information content (AvgIpc) is 2.67. The Morgan fingerprint density at radius 1 is 1.17 bits per heavy atom. The highest BCUT2D eigenvalue weighted by Crippen LogP contribution is 2.36. The van der Waals surface area contributed by atoms with Crippen molar-refractivity contribution in [3.8, 4) is 0 Å². The molecule has 1 aliphatic heterocycles. The first kappa shape index (κ1) is 14.3. The summed E-state index contributed by atoms with van der Waals surface area (Å²) >= 11 is 0. The van der Waals surface area contributed by atoms with Crippen LogP contribution in [-0.4, -0.2) is 36.2 Å². The van der Waals surface area contributed by atoms with Crippen LogP contribution in [0.15, 0.2) is 0 Å². The third-order valence-electron chi connectivity index (χ3n) is 5.13. The fraction of sp³-hybridized carbons (Fsp3) is 1.00. The van der Waals surface area contributed by atoms with Gasteiger partial charge in [0, 0.05) is 25.1 Å². The van der Waals surface area contributed by atoms with E-state index >= 15 is 0 Å². The average molecular weight is 253 g/mol. The van der Waals surface area contributed by atoms with Gasteiger partial charge in [-0.25, -0.2) is 0 Å². The van der Waals surface area contributed by atoms with Crippen molar-refractivity contribution in [3.63, 3.8) is 0 Å². The lowest BCUT2D eigenvalue weighted by Crippen LogP contribution is -2.39. The van der Waals surface area contributed by atoms with Gasteiger partial charge in [-0.2, -0.15) is 0 Å². The highest BCUT2D eigenvalue weighted by Gasteiger charge is 2.34. The topological polar surface area (TPSA) is 23.5 Å². The molecule has 2 rings (SSSR count). The summed E-state index contributed by atoms with van der Waals surface area (Å²) < 4.78 is 0. The number of hydrogen-bond donors (Lipinski definition) is 1. The van der Waals surface area contributed by atoms with E-state index in [0.29, 0.717) is 6.61 Å². The monoisotopic (exact) mass is 253 g/mol. The van der Waals surface area contributed by atoms with Crippen molar-refractivity contribution in [2.45, 2.75) is 64.7 Å². The number of aliphatic hydroxyl groups excluding tert-OH is 1. The standard InChI is InChI=1S/C16H31NO/c1-2-7-15-8-11-17(12-15)13-16(14-18)9-5-3-4-6-10-16/h15,18H,2-14H2,1H3. The molecule has 0 bridgehead atoms. The Hall–Kier alpha value is -0.0800. The van der Waals surface area contributed by atoms with Crippen molar-refractivity contribution in [1.82, 2.24) is 4.90 Å². The van der Waals surface area contributed by atoms with E-state index < -0.39 is 0 Å². The summed E-state index contributed by atoms with van der Waals surface area (Å²) in [6.07, 6.45) is 12.0. The van der Waals surface area contributed by atoms with Crippen LogP contribution in [0.3, 0.4) is 0 Å². The predicted octanol–water partition coefficient (Wildman–Crippen LogP) is 3.44. The summed E-state index contributed by atoms with van der Waals surface area (Å²) in [7, 11) is 0. The lowest BCUT2D eigenvalue weighted by molar-refractivity contribution is 0.0666. The first-order valence-electron chi connectivity index (χ1n) is 8.11. The summed E-state index contributed by atoms with van der Waals surface area (Å²) in [4.78, 5) is 2.64. The molecule has 1 N–H and O–H groups in total. The van der Waals surface area contributed by atoms with Crippen molar-refractivity contribution >= 4 is 0 Å². The Labute approximate surface area is 113 Å². The SMILES string of the molecule is CCCC1CCN(CC2(CO)CCCCCC2)C1. The van der Waals surface area contributed by atoms with Crippen molar-refractivity contribution in [2.24, 2.45) is 11.3 Å². The Morgan fingerprint density at radius 2 is 1.89 bits per heavy atom. The molecule has 2 fully saturated rings. The second-order valence-corrected chi connectivity index (χ2v) is 6.75. The van der Waals surface area contributed by atoms with Gasteiger partial charge in [0.2, 0.25) is 0 Å². The zero-order valence-corrected chi connectivity index (χ0v) is 12.2. The maximum atomic E-state index is 9.87. The second-order valence-electron chi connectivity index (χ2n) is 6.75. The normalized spacial score (nSPS) is 29.3. The van der Waals surface area contributed by atoms with E-state index in [0.717, 1.165) is 12.5 Å². The first-order chi connectivity index (χ1) is 8.78. The van der Waals surface area contributed by atoms with Crippen LogP contribution in [-0.2, 0) is 0 Å². The van der Waals surface area contributed by atoms with E-state index in [-0.39, 0.29) is 5.41 Å². The van der Waals surface area contributed by atoms with Crippen LogP contribution in [0.4, 0.5) is 0 Å².